The summed E-state index contributed by atoms with van der Waals surface area (Å²) in [5.74, 6) is 0.125. The second-order valence-corrected chi connectivity index (χ2v) is 5.59. The van der Waals surface area contributed by atoms with E-state index in [9.17, 15) is 4.79 Å². The molecule has 0 saturated heterocycles. The molecule has 1 aromatic heterocycles. The van der Waals surface area contributed by atoms with Gasteiger partial charge in [0.15, 0.2) is 0 Å². The smallest absolute Gasteiger partial charge is 0.265 e. The van der Waals surface area contributed by atoms with Crippen molar-refractivity contribution >= 4 is 49.1 Å². The Kier molecular flexibility index (Phi) is 5.86. The summed E-state index contributed by atoms with van der Waals surface area (Å²) in [5, 5.41) is 2.86. The van der Waals surface area contributed by atoms with Gasteiger partial charge in [0.1, 0.15) is 4.88 Å². The van der Waals surface area contributed by atoms with E-state index < -0.39 is 0 Å². The van der Waals surface area contributed by atoms with Gasteiger partial charge in [-0.15, -0.1) is 11.3 Å². The van der Waals surface area contributed by atoms with E-state index >= 15 is 0 Å². The lowest BCUT2D eigenvalue weighted by Gasteiger charge is -2.19. The summed E-state index contributed by atoms with van der Waals surface area (Å²) in [6, 6.07) is 1.91. The Morgan fingerprint density at radius 1 is 1.60 bits per heavy atom. The second kappa shape index (κ2) is 6.66. The van der Waals surface area contributed by atoms with Crippen LogP contribution in [0, 0.1) is 0 Å². The van der Waals surface area contributed by atoms with Crippen LogP contribution in [-0.2, 0) is 0 Å². The molecule has 0 unspecified atom stereocenters. The third-order valence-corrected chi connectivity index (χ3v) is 4.43. The van der Waals surface area contributed by atoms with Crippen LogP contribution in [0.3, 0.4) is 0 Å². The van der Waals surface area contributed by atoms with Gasteiger partial charge in [0.25, 0.3) is 5.91 Å². The zero-order valence-corrected chi connectivity index (χ0v) is 12.5. The first-order valence-corrected chi connectivity index (χ1v) is 7.58. The van der Waals surface area contributed by atoms with Gasteiger partial charge in [0.05, 0.1) is 0 Å². The van der Waals surface area contributed by atoms with Crippen LogP contribution in [0.15, 0.2) is 15.9 Å². The Morgan fingerprint density at radius 3 is 2.80 bits per heavy atom. The maximum Gasteiger partial charge on any atom is 0.265 e. The van der Waals surface area contributed by atoms with Crippen LogP contribution in [0.2, 0.25) is 0 Å². The number of rotatable bonds is 5. The molecule has 84 valence electrons. The first-order valence-electron chi connectivity index (χ1n) is 4.79. The van der Waals surface area contributed by atoms with Crippen molar-refractivity contribution in [1.82, 2.24) is 4.90 Å². The lowest BCUT2D eigenvalue weighted by molar-refractivity contribution is 0.0769. The van der Waals surface area contributed by atoms with Gasteiger partial charge in [0.2, 0.25) is 0 Å². The number of carbonyl (C=O) groups is 1. The monoisotopic (exact) mass is 353 g/mol. The summed E-state index contributed by atoms with van der Waals surface area (Å²) >= 11 is 8.25. The van der Waals surface area contributed by atoms with Crippen molar-refractivity contribution in [1.29, 1.82) is 0 Å². The SMILES string of the molecule is CCN(CCCBr)C(=O)c1sccc1Br. The molecule has 0 fully saturated rings. The van der Waals surface area contributed by atoms with Crippen LogP contribution in [0.25, 0.3) is 0 Å². The quantitative estimate of drug-likeness (QED) is 0.737. The van der Waals surface area contributed by atoms with E-state index in [-0.39, 0.29) is 5.91 Å². The Hall–Kier alpha value is 0.130. The number of carbonyl (C=O) groups excluding carboxylic acids is 1. The number of thiophene rings is 1. The van der Waals surface area contributed by atoms with Gasteiger partial charge < -0.3 is 4.90 Å². The first kappa shape index (κ1) is 13.2. The minimum Gasteiger partial charge on any atom is -0.338 e. The topological polar surface area (TPSA) is 20.3 Å². The number of halogens is 2. The number of hydrogen-bond donors (Lipinski definition) is 0. The standard InChI is InChI=1S/C10H13Br2NOS/c1-2-13(6-3-5-11)10(14)9-8(12)4-7-15-9/h4,7H,2-3,5-6H2,1H3. The van der Waals surface area contributed by atoms with Gasteiger partial charge in [0, 0.05) is 22.9 Å². The summed E-state index contributed by atoms with van der Waals surface area (Å²) in [6.07, 6.45) is 0.989. The average Bonchev–Trinajstić information content (AvgIpc) is 2.65. The van der Waals surface area contributed by atoms with Gasteiger partial charge in [-0.25, -0.2) is 0 Å². The molecule has 0 aromatic carbocycles. The highest BCUT2D eigenvalue weighted by molar-refractivity contribution is 9.10. The predicted octanol–water partition coefficient (Wildman–Crippen LogP) is 3.76. The van der Waals surface area contributed by atoms with Crippen molar-refractivity contribution in [2.75, 3.05) is 18.4 Å². The second-order valence-electron chi connectivity index (χ2n) is 3.03. The van der Waals surface area contributed by atoms with E-state index in [0.29, 0.717) is 0 Å². The fourth-order valence-electron chi connectivity index (χ4n) is 1.24. The fourth-order valence-corrected chi connectivity index (χ4v) is 3.00. The minimum atomic E-state index is 0.125. The molecule has 1 amide bonds. The van der Waals surface area contributed by atoms with Crippen molar-refractivity contribution < 1.29 is 4.79 Å². The third-order valence-electron chi connectivity index (χ3n) is 2.04. The fraction of sp³-hybridized carbons (Fsp3) is 0.500. The summed E-state index contributed by atoms with van der Waals surface area (Å²) in [5.41, 5.74) is 0. The summed E-state index contributed by atoms with van der Waals surface area (Å²) in [6.45, 7) is 3.58. The van der Waals surface area contributed by atoms with Gasteiger partial charge in [-0.2, -0.15) is 0 Å². The van der Waals surface area contributed by atoms with Crippen molar-refractivity contribution in [3.8, 4) is 0 Å². The van der Waals surface area contributed by atoms with Crippen LogP contribution >= 0.6 is 43.2 Å². The number of hydrogen-bond acceptors (Lipinski definition) is 2. The molecule has 0 saturated carbocycles. The van der Waals surface area contributed by atoms with Crippen molar-refractivity contribution in [3.63, 3.8) is 0 Å². The molecule has 0 aliphatic heterocycles. The molecule has 0 radical (unpaired) electrons. The highest BCUT2D eigenvalue weighted by Gasteiger charge is 2.17. The van der Waals surface area contributed by atoms with E-state index in [4.69, 9.17) is 0 Å². The van der Waals surface area contributed by atoms with Crippen LogP contribution in [0.4, 0.5) is 0 Å². The van der Waals surface area contributed by atoms with E-state index in [2.05, 4.69) is 31.9 Å². The van der Waals surface area contributed by atoms with Gasteiger partial charge in [-0.3, -0.25) is 4.79 Å². The maximum atomic E-state index is 12.1. The van der Waals surface area contributed by atoms with Gasteiger partial charge in [-0.05, 0) is 40.7 Å². The van der Waals surface area contributed by atoms with E-state index in [1.54, 1.807) is 0 Å². The lowest BCUT2D eigenvalue weighted by Crippen LogP contribution is -2.31. The molecule has 0 bridgehead atoms. The zero-order chi connectivity index (χ0) is 11.3. The molecular formula is C10H13Br2NOS. The lowest BCUT2D eigenvalue weighted by atomic mass is 10.3. The zero-order valence-electron chi connectivity index (χ0n) is 8.50. The Labute approximate surface area is 111 Å². The van der Waals surface area contributed by atoms with Crippen LogP contribution in [-0.4, -0.2) is 29.2 Å². The molecule has 0 spiro atoms. The molecule has 5 heteroatoms. The number of nitrogens with zero attached hydrogens (tertiary/aromatic N) is 1. The third kappa shape index (κ3) is 3.57. The molecule has 1 aromatic rings. The predicted molar refractivity (Wildman–Crippen MR) is 72.0 cm³/mol. The summed E-state index contributed by atoms with van der Waals surface area (Å²) < 4.78 is 0.898. The first-order chi connectivity index (χ1) is 7.20. The normalized spacial score (nSPS) is 10.3. The van der Waals surface area contributed by atoms with Crippen molar-refractivity contribution in [2.24, 2.45) is 0 Å². The number of amides is 1. The maximum absolute atomic E-state index is 12.1. The summed E-state index contributed by atoms with van der Waals surface area (Å²) in [4.78, 5) is 14.7. The van der Waals surface area contributed by atoms with Crippen LogP contribution in [0.1, 0.15) is 23.0 Å². The van der Waals surface area contributed by atoms with Crippen molar-refractivity contribution in [3.05, 3.63) is 20.8 Å². The van der Waals surface area contributed by atoms with E-state index in [0.717, 1.165) is 34.2 Å². The largest absolute Gasteiger partial charge is 0.338 e. The van der Waals surface area contributed by atoms with Crippen LogP contribution < -0.4 is 0 Å². The molecule has 15 heavy (non-hydrogen) atoms. The van der Waals surface area contributed by atoms with E-state index in [1.165, 1.54) is 11.3 Å². The summed E-state index contributed by atoms with van der Waals surface area (Å²) in [7, 11) is 0. The highest BCUT2D eigenvalue weighted by Crippen LogP contribution is 2.24. The Morgan fingerprint density at radius 2 is 2.33 bits per heavy atom. The van der Waals surface area contributed by atoms with Crippen LogP contribution in [0.5, 0.6) is 0 Å². The van der Waals surface area contributed by atoms with Crippen molar-refractivity contribution in [2.45, 2.75) is 13.3 Å². The molecule has 0 aliphatic carbocycles. The Balaban J connectivity index is 2.69. The molecule has 0 atom stereocenters. The molecule has 2 nitrogen and oxygen atoms in total. The average molecular weight is 355 g/mol. The molecule has 1 heterocycles. The number of alkyl halides is 1. The van der Waals surface area contributed by atoms with E-state index in [1.807, 2.05) is 23.3 Å². The molecular weight excluding hydrogens is 342 g/mol. The minimum absolute atomic E-state index is 0.125. The van der Waals surface area contributed by atoms with Gasteiger partial charge >= 0.3 is 0 Å². The molecule has 1 rings (SSSR count). The molecule has 0 N–H and O–H groups in total. The highest BCUT2D eigenvalue weighted by atomic mass is 79.9. The Bertz CT molecular complexity index is 327. The molecule has 0 aliphatic rings. The van der Waals surface area contributed by atoms with Gasteiger partial charge in [-0.1, -0.05) is 15.9 Å².